The Morgan fingerprint density at radius 3 is 1.64 bits per heavy atom. The van der Waals surface area contributed by atoms with Crippen molar-refractivity contribution >= 4 is 40.4 Å². The lowest BCUT2D eigenvalue weighted by Gasteiger charge is -2.21. The predicted molar refractivity (Wildman–Crippen MR) is 134 cm³/mol. The van der Waals surface area contributed by atoms with Gasteiger partial charge in [0.05, 0.1) is 25.6 Å². The smallest absolute Gasteiger partial charge is 0.468 e. The van der Waals surface area contributed by atoms with Crippen LogP contribution in [0.25, 0.3) is 0 Å². The van der Waals surface area contributed by atoms with Gasteiger partial charge in [0.15, 0.2) is 0 Å². The Bertz CT molecular complexity index is 891. The maximum absolute atomic E-state index is 11.5. The third kappa shape index (κ3) is 9.23. The summed E-state index contributed by atoms with van der Waals surface area (Å²) in [6.45, 7) is 10.9. The van der Waals surface area contributed by atoms with Gasteiger partial charge in [-0.25, -0.2) is 0 Å². The quantitative estimate of drug-likeness (QED) is 0.450. The normalized spacial score (nSPS) is 10.3. The van der Waals surface area contributed by atoms with Crippen molar-refractivity contribution in [2.75, 3.05) is 14.2 Å². The molecule has 0 unspecified atom stereocenters. The fourth-order valence-corrected chi connectivity index (χ4v) is 2.75. The van der Waals surface area contributed by atoms with Crippen LogP contribution in [-0.4, -0.2) is 53.3 Å². The van der Waals surface area contributed by atoms with E-state index in [2.05, 4.69) is 30.6 Å². The van der Waals surface area contributed by atoms with Crippen molar-refractivity contribution in [2.24, 2.45) is 0 Å². The second kappa shape index (κ2) is 14.8. The van der Waals surface area contributed by atoms with Crippen LogP contribution < -0.4 is 5.46 Å². The van der Waals surface area contributed by atoms with Gasteiger partial charge in [-0.05, 0) is 57.4 Å². The van der Waals surface area contributed by atoms with Gasteiger partial charge in [-0.15, -0.1) is 0 Å². The highest BCUT2D eigenvalue weighted by molar-refractivity contribution is 9.10. The number of ether oxygens (including phenoxy) is 2. The molecule has 10 heteroatoms. The number of rotatable bonds is 5. The minimum atomic E-state index is -1.57. The van der Waals surface area contributed by atoms with Gasteiger partial charge in [-0.3, -0.25) is 19.6 Å². The first-order chi connectivity index (χ1) is 14.9. The van der Waals surface area contributed by atoms with Crippen LogP contribution in [0.5, 0.6) is 0 Å². The molecule has 8 nitrogen and oxygen atoms in total. The number of carbonyl (C=O) groups is 2. The van der Waals surface area contributed by atoms with E-state index >= 15 is 0 Å². The predicted octanol–water partition coefficient (Wildman–Crippen LogP) is 3.17. The highest BCUT2D eigenvalue weighted by Gasteiger charge is 2.33. The van der Waals surface area contributed by atoms with E-state index in [1.165, 1.54) is 32.5 Å². The molecule has 0 radical (unpaired) electrons. The molecule has 0 spiro atoms. The van der Waals surface area contributed by atoms with Crippen molar-refractivity contribution in [3.05, 3.63) is 52.5 Å². The Hall–Kier alpha value is -2.30. The number of aromatic nitrogens is 2. The maximum Gasteiger partial charge on any atom is 0.488 e. The molecule has 184 valence electrons. The summed E-state index contributed by atoms with van der Waals surface area (Å²) in [4.78, 5) is 31.2. The maximum atomic E-state index is 11.5. The Morgan fingerprint density at radius 1 is 0.879 bits per heavy atom. The zero-order chi connectivity index (χ0) is 25.1. The summed E-state index contributed by atoms with van der Waals surface area (Å²) >= 11 is 3.33. The van der Waals surface area contributed by atoms with Gasteiger partial charge < -0.3 is 19.5 Å². The Labute approximate surface area is 206 Å². The lowest BCUT2D eigenvalue weighted by molar-refractivity contribution is -0.147. The van der Waals surface area contributed by atoms with E-state index in [1.54, 1.807) is 33.9 Å². The molecule has 2 N–H and O–H groups in total. The minimum Gasteiger partial charge on any atom is -0.468 e. The Balaban J connectivity index is 0. The van der Waals surface area contributed by atoms with Gasteiger partial charge in [0.1, 0.15) is 10.8 Å². The molecule has 0 bridgehead atoms. The van der Waals surface area contributed by atoms with Crippen molar-refractivity contribution < 1.29 is 29.1 Å². The zero-order valence-electron chi connectivity index (χ0n) is 19.8. The number of methoxy groups -OCH3 is 2. The van der Waals surface area contributed by atoms with Crippen molar-refractivity contribution in [3.8, 4) is 0 Å². The van der Waals surface area contributed by atoms with Gasteiger partial charge in [0, 0.05) is 16.9 Å². The summed E-state index contributed by atoms with van der Waals surface area (Å²) in [5, 5.41) is 18.0. The SMILES string of the molecule is C.CC.COC(=O)C(C)(C)c1cc(B(O)O)ccn1.COC(=O)C(C)(C)c1cc(Br)ccn1. The average molecular weight is 527 g/mol. The van der Waals surface area contributed by atoms with Crippen LogP contribution in [0.15, 0.2) is 41.1 Å². The standard InChI is InChI=1S/C10H14BNO4.C10H12BrNO2.C2H6.CH4/c1-10(2,9(13)16-3)8-6-7(11(14)15)4-5-12-8;1-10(2,9(13)14-3)8-6-7(11)4-5-12-8;1-2;/h4-6,14-15H,1-3H3;4-6H,1-3H3;1-2H3;1H4. The molecule has 0 aromatic carbocycles. The highest BCUT2D eigenvalue weighted by Crippen LogP contribution is 2.24. The highest BCUT2D eigenvalue weighted by atomic mass is 79.9. The third-order valence-electron chi connectivity index (χ3n) is 4.48. The first kappa shape index (κ1) is 32.9. The van der Waals surface area contributed by atoms with E-state index in [0.29, 0.717) is 16.9 Å². The summed E-state index contributed by atoms with van der Waals surface area (Å²) in [5.41, 5.74) is -0.205. The number of halogens is 1. The zero-order valence-corrected chi connectivity index (χ0v) is 21.4. The van der Waals surface area contributed by atoms with Gasteiger partial charge in [-0.2, -0.15) is 0 Å². The molecular weight excluding hydrogens is 491 g/mol. The van der Waals surface area contributed by atoms with E-state index < -0.39 is 23.9 Å². The van der Waals surface area contributed by atoms with Crippen LogP contribution in [0, 0.1) is 0 Å². The Kier molecular flexibility index (Phi) is 14.7. The number of pyridine rings is 2. The van der Waals surface area contributed by atoms with E-state index in [4.69, 9.17) is 14.8 Å². The first-order valence-corrected chi connectivity index (χ1v) is 10.8. The molecule has 0 aliphatic carbocycles. The van der Waals surface area contributed by atoms with Crippen LogP contribution in [-0.2, 0) is 29.9 Å². The monoisotopic (exact) mass is 526 g/mol. The summed E-state index contributed by atoms with van der Waals surface area (Å²) < 4.78 is 10.3. The summed E-state index contributed by atoms with van der Waals surface area (Å²) in [6, 6.07) is 6.58. The van der Waals surface area contributed by atoms with Crippen LogP contribution in [0.3, 0.4) is 0 Å². The lowest BCUT2D eigenvalue weighted by Crippen LogP contribution is -2.35. The fourth-order valence-electron chi connectivity index (χ4n) is 2.42. The minimum absolute atomic E-state index is 0. The third-order valence-corrected chi connectivity index (χ3v) is 4.97. The first-order valence-electron chi connectivity index (χ1n) is 9.99. The van der Waals surface area contributed by atoms with Crippen LogP contribution in [0.2, 0.25) is 0 Å². The summed E-state index contributed by atoms with van der Waals surface area (Å²) in [6.07, 6.45) is 3.08. The Morgan fingerprint density at radius 2 is 1.27 bits per heavy atom. The summed E-state index contributed by atoms with van der Waals surface area (Å²) in [7, 11) is 1.10. The van der Waals surface area contributed by atoms with Gasteiger partial charge >= 0.3 is 19.1 Å². The van der Waals surface area contributed by atoms with Crippen LogP contribution in [0.1, 0.15) is 60.4 Å². The lowest BCUT2D eigenvalue weighted by atomic mass is 9.78. The molecule has 0 saturated carbocycles. The van der Waals surface area contributed by atoms with Crippen molar-refractivity contribution in [2.45, 2.75) is 59.8 Å². The average Bonchev–Trinajstić information content (AvgIpc) is 2.79. The molecule has 0 aliphatic rings. The molecule has 0 aliphatic heterocycles. The number of carbonyl (C=O) groups excluding carboxylic acids is 2. The van der Waals surface area contributed by atoms with Gasteiger partial charge in [0.2, 0.25) is 0 Å². The largest absolute Gasteiger partial charge is 0.488 e. The molecule has 2 aromatic heterocycles. The van der Waals surface area contributed by atoms with Crippen LogP contribution >= 0.6 is 15.9 Å². The van der Waals surface area contributed by atoms with E-state index in [1.807, 2.05) is 26.0 Å². The van der Waals surface area contributed by atoms with Crippen molar-refractivity contribution in [1.29, 1.82) is 0 Å². The molecule has 33 heavy (non-hydrogen) atoms. The molecule has 2 aromatic rings. The molecule has 0 saturated heterocycles. The molecule has 2 heterocycles. The van der Waals surface area contributed by atoms with Crippen molar-refractivity contribution in [3.63, 3.8) is 0 Å². The molecular formula is C23H36BBrN2O6. The molecule has 2 rings (SSSR count). The van der Waals surface area contributed by atoms with Gasteiger partial charge in [-0.1, -0.05) is 37.2 Å². The topological polar surface area (TPSA) is 119 Å². The molecule has 0 amide bonds. The van der Waals surface area contributed by atoms with E-state index in [9.17, 15) is 9.59 Å². The number of hydrogen-bond acceptors (Lipinski definition) is 8. The number of hydrogen-bond donors (Lipinski definition) is 2. The number of esters is 2. The summed E-state index contributed by atoms with van der Waals surface area (Å²) in [5.74, 6) is -0.715. The number of nitrogens with zero attached hydrogens (tertiary/aromatic N) is 2. The van der Waals surface area contributed by atoms with Crippen LogP contribution in [0.4, 0.5) is 0 Å². The second-order valence-electron chi connectivity index (χ2n) is 7.44. The second-order valence-corrected chi connectivity index (χ2v) is 8.36. The fraction of sp³-hybridized carbons (Fsp3) is 0.478. The van der Waals surface area contributed by atoms with E-state index in [0.717, 1.165) is 4.47 Å². The van der Waals surface area contributed by atoms with Gasteiger partial charge in [0.25, 0.3) is 0 Å². The van der Waals surface area contributed by atoms with E-state index in [-0.39, 0.29) is 13.4 Å². The molecule has 0 atom stereocenters. The molecule has 0 fully saturated rings. The van der Waals surface area contributed by atoms with Crippen molar-refractivity contribution in [1.82, 2.24) is 9.97 Å².